The summed E-state index contributed by atoms with van der Waals surface area (Å²) in [5.41, 5.74) is 0. The highest BCUT2D eigenvalue weighted by molar-refractivity contribution is 7.99. The van der Waals surface area contributed by atoms with Gasteiger partial charge in [0, 0.05) is 24.2 Å². The molecular weight excluding hydrogens is 232 g/mol. The van der Waals surface area contributed by atoms with E-state index >= 15 is 0 Å². The molecule has 16 heavy (non-hydrogen) atoms. The largest absolute Gasteiger partial charge is 0.319 e. The Morgan fingerprint density at radius 1 is 1.62 bits per heavy atom. The van der Waals surface area contributed by atoms with Gasteiger partial charge < -0.3 is 5.32 Å². The summed E-state index contributed by atoms with van der Waals surface area (Å²) < 4.78 is 25.9. The number of aromatic nitrogens is 2. The van der Waals surface area contributed by atoms with Gasteiger partial charge in [-0.05, 0) is 18.6 Å². The minimum absolute atomic E-state index is 0.408. The molecule has 0 spiro atoms. The standard InChI is InChI=1S/C10H15F2N3S/c11-10(12)15-4-3-13-9(15)6-14-8-2-1-5-16-7-8/h3-4,8,10,14H,1-2,5-7H2. The highest BCUT2D eigenvalue weighted by Gasteiger charge is 2.15. The molecule has 90 valence electrons. The number of nitrogens with one attached hydrogen (secondary N) is 1. The summed E-state index contributed by atoms with van der Waals surface area (Å²) in [5.74, 6) is 2.68. The van der Waals surface area contributed by atoms with Gasteiger partial charge in [-0.2, -0.15) is 20.5 Å². The monoisotopic (exact) mass is 247 g/mol. The minimum atomic E-state index is -2.50. The van der Waals surface area contributed by atoms with Crippen LogP contribution in [0.1, 0.15) is 25.2 Å². The van der Waals surface area contributed by atoms with Crippen LogP contribution >= 0.6 is 11.8 Å². The van der Waals surface area contributed by atoms with Crippen molar-refractivity contribution in [1.82, 2.24) is 14.9 Å². The fourth-order valence-electron chi connectivity index (χ4n) is 1.80. The lowest BCUT2D eigenvalue weighted by Crippen LogP contribution is -2.34. The summed E-state index contributed by atoms with van der Waals surface area (Å²) in [6.07, 6.45) is 5.06. The molecule has 3 nitrogen and oxygen atoms in total. The van der Waals surface area contributed by atoms with Gasteiger partial charge in [0.05, 0.1) is 6.54 Å². The number of hydrogen-bond donors (Lipinski definition) is 1. The SMILES string of the molecule is FC(F)n1ccnc1CNC1CCCSC1. The first-order chi connectivity index (χ1) is 7.77. The molecule has 1 aromatic heterocycles. The van der Waals surface area contributed by atoms with E-state index in [0.29, 0.717) is 18.4 Å². The highest BCUT2D eigenvalue weighted by Crippen LogP contribution is 2.18. The molecule has 0 aromatic carbocycles. The summed E-state index contributed by atoms with van der Waals surface area (Å²) >= 11 is 1.91. The van der Waals surface area contributed by atoms with E-state index in [4.69, 9.17) is 0 Å². The number of rotatable bonds is 4. The number of alkyl halides is 2. The quantitative estimate of drug-likeness (QED) is 0.885. The van der Waals surface area contributed by atoms with E-state index in [1.54, 1.807) is 0 Å². The Balaban J connectivity index is 1.86. The Bertz CT molecular complexity index is 324. The first-order valence-corrected chi connectivity index (χ1v) is 6.54. The Hall–Kier alpha value is -0.620. The van der Waals surface area contributed by atoms with Gasteiger partial charge in [0.15, 0.2) is 0 Å². The molecule has 0 radical (unpaired) electrons. The van der Waals surface area contributed by atoms with Crippen molar-refractivity contribution >= 4 is 11.8 Å². The van der Waals surface area contributed by atoms with Crippen molar-refractivity contribution in [2.75, 3.05) is 11.5 Å². The topological polar surface area (TPSA) is 29.9 Å². The minimum Gasteiger partial charge on any atom is -0.306 e. The third kappa shape index (κ3) is 2.95. The summed E-state index contributed by atoms with van der Waals surface area (Å²) in [6.45, 7) is -2.08. The number of nitrogens with zero attached hydrogens (tertiary/aromatic N) is 2. The molecule has 1 aliphatic rings. The van der Waals surface area contributed by atoms with Gasteiger partial charge in [0.1, 0.15) is 5.82 Å². The second-order valence-corrected chi connectivity index (χ2v) is 4.97. The molecule has 2 rings (SSSR count). The van der Waals surface area contributed by atoms with E-state index in [2.05, 4.69) is 10.3 Å². The lowest BCUT2D eigenvalue weighted by Gasteiger charge is -2.22. The third-order valence-corrected chi connectivity index (χ3v) is 3.88. The predicted octanol–water partition coefficient (Wildman–Crippen LogP) is 2.26. The van der Waals surface area contributed by atoms with Crippen molar-refractivity contribution < 1.29 is 8.78 Å². The van der Waals surface area contributed by atoms with Gasteiger partial charge >= 0.3 is 6.55 Å². The van der Waals surface area contributed by atoms with Crippen LogP contribution in [-0.4, -0.2) is 27.1 Å². The number of thioether (sulfide) groups is 1. The van der Waals surface area contributed by atoms with Crippen LogP contribution in [0.3, 0.4) is 0 Å². The molecule has 1 atom stereocenters. The van der Waals surface area contributed by atoms with E-state index in [0.717, 1.165) is 16.7 Å². The van der Waals surface area contributed by atoms with Gasteiger partial charge in [0.2, 0.25) is 0 Å². The Kier molecular flexibility index (Phi) is 4.17. The van der Waals surface area contributed by atoms with Gasteiger partial charge in [-0.1, -0.05) is 0 Å². The van der Waals surface area contributed by atoms with Crippen LogP contribution < -0.4 is 5.32 Å². The molecule has 1 saturated heterocycles. The van der Waals surface area contributed by atoms with Crippen molar-refractivity contribution in [3.63, 3.8) is 0 Å². The van der Waals surface area contributed by atoms with Crippen LogP contribution in [0.2, 0.25) is 0 Å². The molecule has 0 aliphatic carbocycles. The summed E-state index contributed by atoms with van der Waals surface area (Å²) in [6, 6.07) is 0.432. The first kappa shape index (κ1) is 11.9. The molecule has 1 aromatic rings. The van der Waals surface area contributed by atoms with Crippen molar-refractivity contribution in [1.29, 1.82) is 0 Å². The molecule has 6 heteroatoms. The van der Waals surface area contributed by atoms with Crippen molar-refractivity contribution in [2.24, 2.45) is 0 Å². The van der Waals surface area contributed by atoms with Crippen LogP contribution in [0.4, 0.5) is 8.78 Å². The molecular formula is C10H15F2N3S. The molecule has 1 N–H and O–H groups in total. The van der Waals surface area contributed by atoms with E-state index in [1.807, 2.05) is 11.8 Å². The zero-order valence-corrected chi connectivity index (χ0v) is 9.72. The van der Waals surface area contributed by atoms with Crippen LogP contribution in [0, 0.1) is 0 Å². The smallest absolute Gasteiger partial charge is 0.306 e. The summed E-state index contributed by atoms with van der Waals surface area (Å²) in [7, 11) is 0. The summed E-state index contributed by atoms with van der Waals surface area (Å²) in [4.78, 5) is 3.94. The molecule has 1 aliphatic heterocycles. The maximum absolute atomic E-state index is 12.5. The fraction of sp³-hybridized carbons (Fsp3) is 0.700. The van der Waals surface area contributed by atoms with Gasteiger partial charge in [-0.25, -0.2) is 4.98 Å². The number of halogens is 2. The van der Waals surface area contributed by atoms with Gasteiger partial charge in [-0.3, -0.25) is 4.57 Å². The average Bonchev–Trinajstić information content (AvgIpc) is 2.76. The molecule has 0 amide bonds. The van der Waals surface area contributed by atoms with Crippen LogP contribution in [0.15, 0.2) is 12.4 Å². The number of hydrogen-bond acceptors (Lipinski definition) is 3. The average molecular weight is 247 g/mol. The molecule has 1 fully saturated rings. The van der Waals surface area contributed by atoms with E-state index in [1.165, 1.54) is 24.6 Å². The van der Waals surface area contributed by atoms with Crippen LogP contribution in [-0.2, 0) is 6.54 Å². The number of imidazole rings is 1. The maximum Gasteiger partial charge on any atom is 0.319 e. The van der Waals surface area contributed by atoms with Gasteiger partial charge in [-0.15, -0.1) is 0 Å². The van der Waals surface area contributed by atoms with E-state index < -0.39 is 6.55 Å². The second kappa shape index (κ2) is 5.63. The normalized spacial score (nSPS) is 21.6. The summed E-state index contributed by atoms with van der Waals surface area (Å²) in [5, 5.41) is 3.28. The molecule has 0 saturated carbocycles. The molecule has 0 bridgehead atoms. The van der Waals surface area contributed by atoms with E-state index in [9.17, 15) is 8.78 Å². The zero-order chi connectivity index (χ0) is 11.4. The third-order valence-electron chi connectivity index (χ3n) is 2.67. The van der Waals surface area contributed by atoms with Crippen LogP contribution in [0.25, 0.3) is 0 Å². The van der Waals surface area contributed by atoms with Crippen molar-refractivity contribution in [3.8, 4) is 0 Å². The lowest BCUT2D eigenvalue weighted by atomic mass is 10.2. The highest BCUT2D eigenvalue weighted by atomic mass is 32.2. The Labute approximate surface area is 97.6 Å². The van der Waals surface area contributed by atoms with E-state index in [-0.39, 0.29) is 0 Å². The first-order valence-electron chi connectivity index (χ1n) is 5.38. The maximum atomic E-state index is 12.5. The van der Waals surface area contributed by atoms with Crippen molar-refractivity contribution in [3.05, 3.63) is 18.2 Å². The van der Waals surface area contributed by atoms with Gasteiger partial charge in [0.25, 0.3) is 0 Å². The van der Waals surface area contributed by atoms with Crippen LogP contribution in [0.5, 0.6) is 0 Å². The fourth-order valence-corrected chi connectivity index (χ4v) is 2.90. The lowest BCUT2D eigenvalue weighted by molar-refractivity contribution is 0.0665. The van der Waals surface area contributed by atoms with Crippen molar-refractivity contribution in [2.45, 2.75) is 32.0 Å². The second-order valence-electron chi connectivity index (χ2n) is 3.82. The Morgan fingerprint density at radius 2 is 2.50 bits per heavy atom. The Morgan fingerprint density at radius 3 is 3.19 bits per heavy atom. The predicted molar refractivity (Wildman–Crippen MR) is 60.7 cm³/mol. The zero-order valence-electron chi connectivity index (χ0n) is 8.90. The molecule has 1 unspecified atom stereocenters. The molecule has 2 heterocycles.